The fraction of sp³-hybridized carbons (Fsp3) is 0.0370. The number of nitrogens with two attached hydrogens (primary N) is 1. The molecule has 1 heterocycles. The second-order valence-corrected chi connectivity index (χ2v) is 8.24. The molecular weight excluding hydrogens is 478 g/mol. The Balaban J connectivity index is 1.77. The van der Waals surface area contributed by atoms with E-state index >= 15 is 0 Å². The zero-order valence-corrected chi connectivity index (χ0v) is 19.8. The van der Waals surface area contributed by atoms with Gasteiger partial charge in [0.1, 0.15) is 0 Å². The van der Waals surface area contributed by atoms with Crippen LogP contribution in [0.3, 0.4) is 0 Å². The van der Waals surface area contributed by atoms with Crippen LogP contribution in [0.2, 0.25) is 5.02 Å². The van der Waals surface area contributed by atoms with Crippen LogP contribution < -0.4 is 16.6 Å². The van der Waals surface area contributed by atoms with E-state index < -0.39 is 11.9 Å². The summed E-state index contributed by atoms with van der Waals surface area (Å²) in [5.74, 6) is -0.980. The SMILES string of the molecule is NC(=O)NNC(=O)/C(=C/c1cn(-c2ccccc2)nc1-c1ccccc1)CC(=O)c1ccc(Cl)cc1. The van der Waals surface area contributed by atoms with Crippen LogP contribution in [0.5, 0.6) is 0 Å². The van der Waals surface area contributed by atoms with Gasteiger partial charge < -0.3 is 5.73 Å². The Labute approximate surface area is 212 Å². The average molecular weight is 500 g/mol. The van der Waals surface area contributed by atoms with Crippen LogP contribution in [0.25, 0.3) is 23.0 Å². The third-order valence-electron chi connectivity index (χ3n) is 5.25. The summed E-state index contributed by atoms with van der Waals surface area (Å²) in [5.41, 5.74) is 12.8. The summed E-state index contributed by atoms with van der Waals surface area (Å²) in [7, 11) is 0. The molecule has 0 unspecified atom stereocenters. The molecule has 0 fully saturated rings. The lowest BCUT2D eigenvalue weighted by Crippen LogP contribution is -2.45. The van der Waals surface area contributed by atoms with Crippen LogP contribution in [0.15, 0.2) is 96.7 Å². The minimum absolute atomic E-state index is 0.105. The molecule has 4 aromatic rings. The molecule has 3 aromatic carbocycles. The largest absolute Gasteiger partial charge is 0.350 e. The number of halogens is 1. The molecule has 180 valence electrons. The molecule has 3 amide bonds. The summed E-state index contributed by atoms with van der Waals surface area (Å²) >= 11 is 5.93. The van der Waals surface area contributed by atoms with E-state index in [1.807, 2.05) is 60.7 Å². The second kappa shape index (κ2) is 11.2. The molecular formula is C27H22ClN5O3. The van der Waals surface area contributed by atoms with E-state index in [1.165, 1.54) is 0 Å². The van der Waals surface area contributed by atoms with Crippen LogP contribution in [-0.4, -0.2) is 27.5 Å². The lowest BCUT2D eigenvalue weighted by Gasteiger charge is -2.09. The van der Waals surface area contributed by atoms with Crippen molar-refractivity contribution in [1.82, 2.24) is 20.6 Å². The maximum absolute atomic E-state index is 13.0. The van der Waals surface area contributed by atoms with Gasteiger partial charge in [0.05, 0.1) is 11.4 Å². The highest BCUT2D eigenvalue weighted by Crippen LogP contribution is 2.27. The van der Waals surface area contributed by atoms with Crippen molar-refractivity contribution < 1.29 is 14.4 Å². The topological polar surface area (TPSA) is 119 Å². The number of rotatable bonds is 7. The number of para-hydroxylation sites is 1. The Morgan fingerprint density at radius 1 is 0.889 bits per heavy atom. The molecule has 8 nitrogen and oxygen atoms in total. The number of carbonyl (C=O) groups excluding carboxylic acids is 3. The molecule has 0 saturated heterocycles. The molecule has 36 heavy (non-hydrogen) atoms. The normalized spacial score (nSPS) is 11.1. The van der Waals surface area contributed by atoms with Crippen molar-refractivity contribution >= 4 is 35.4 Å². The highest BCUT2D eigenvalue weighted by molar-refractivity contribution is 6.30. The van der Waals surface area contributed by atoms with E-state index in [9.17, 15) is 14.4 Å². The number of amides is 3. The first-order valence-electron chi connectivity index (χ1n) is 11.0. The van der Waals surface area contributed by atoms with Crippen LogP contribution in [0, 0.1) is 0 Å². The number of Topliss-reactive ketones (excluding diaryl/α,β-unsaturated/α-hetero) is 1. The number of primary amides is 1. The number of nitrogens with one attached hydrogen (secondary N) is 2. The number of benzene rings is 3. The third-order valence-corrected chi connectivity index (χ3v) is 5.50. The zero-order valence-electron chi connectivity index (χ0n) is 19.0. The standard InChI is InChI=1S/C27H22ClN5O3/c28-22-13-11-18(12-14-22)24(34)16-20(26(35)30-31-27(29)36)15-21-17-33(23-9-5-2-6-10-23)32-25(21)19-7-3-1-4-8-19/h1-15,17H,16H2,(H,30,35)(H3,29,31,36)/b20-15+. The van der Waals surface area contributed by atoms with E-state index in [2.05, 4.69) is 10.9 Å². The number of hydrogen-bond acceptors (Lipinski definition) is 4. The number of nitrogens with zero attached hydrogens (tertiary/aromatic N) is 2. The van der Waals surface area contributed by atoms with E-state index in [-0.39, 0.29) is 17.8 Å². The van der Waals surface area contributed by atoms with Gasteiger partial charge in [0.15, 0.2) is 5.78 Å². The Morgan fingerprint density at radius 2 is 1.53 bits per heavy atom. The summed E-state index contributed by atoms with van der Waals surface area (Å²) in [5, 5.41) is 5.23. The molecule has 0 saturated carbocycles. The summed E-state index contributed by atoms with van der Waals surface area (Å²) in [4.78, 5) is 37.1. The van der Waals surface area contributed by atoms with Crippen LogP contribution in [0.4, 0.5) is 4.79 Å². The average Bonchev–Trinajstić information content (AvgIpc) is 3.32. The quantitative estimate of drug-likeness (QED) is 0.196. The minimum Gasteiger partial charge on any atom is -0.350 e. The van der Waals surface area contributed by atoms with Crippen molar-refractivity contribution in [2.45, 2.75) is 6.42 Å². The first kappa shape index (κ1) is 24.4. The van der Waals surface area contributed by atoms with Gasteiger partial charge in [-0.05, 0) is 42.5 Å². The summed E-state index contributed by atoms with van der Waals surface area (Å²) in [6.45, 7) is 0. The van der Waals surface area contributed by atoms with Gasteiger partial charge in [0.25, 0.3) is 5.91 Å². The molecule has 9 heteroatoms. The molecule has 4 rings (SSSR count). The Kier molecular flexibility index (Phi) is 7.57. The van der Waals surface area contributed by atoms with Gasteiger partial charge in [-0.2, -0.15) is 5.10 Å². The number of hydrogen-bond donors (Lipinski definition) is 3. The highest BCUT2D eigenvalue weighted by atomic mass is 35.5. The zero-order chi connectivity index (χ0) is 25.5. The molecule has 0 aliphatic carbocycles. The van der Waals surface area contributed by atoms with Gasteiger partial charge in [0.2, 0.25) is 0 Å². The lowest BCUT2D eigenvalue weighted by molar-refractivity contribution is -0.118. The minimum atomic E-state index is -0.936. The number of carbonyl (C=O) groups is 3. The molecule has 0 aliphatic heterocycles. The van der Waals surface area contributed by atoms with Crippen molar-refractivity contribution in [3.8, 4) is 16.9 Å². The summed E-state index contributed by atoms with van der Waals surface area (Å²) < 4.78 is 1.70. The van der Waals surface area contributed by atoms with Crippen molar-refractivity contribution in [2.75, 3.05) is 0 Å². The summed E-state index contributed by atoms with van der Waals surface area (Å²) in [6, 6.07) is 24.4. The Bertz CT molecular complexity index is 1420. The van der Waals surface area contributed by atoms with Gasteiger partial charge in [-0.15, -0.1) is 0 Å². The number of ketones is 1. The van der Waals surface area contributed by atoms with Crippen molar-refractivity contribution in [1.29, 1.82) is 0 Å². The molecule has 0 radical (unpaired) electrons. The molecule has 1 aromatic heterocycles. The van der Waals surface area contributed by atoms with E-state index in [0.717, 1.165) is 11.3 Å². The first-order chi connectivity index (χ1) is 17.4. The molecule has 0 atom stereocenters. The van der Waals surface area contributed by atoms with Crippen molar-refractivity contribution in [3.05, 3.63) is 113 Å². The molecule has 4 N–H and O–H groups in total. The second-order valence-electron chi connectivity index (χ2n) is 7.80. The predicted molar refractivity (Wildman–Crippen MR) is 138 cm³/mol. The predicted octanol–water partition coefficient (Wildman–Crippen LogP) is 4.55. The fourth-order valence-electron chi connectivity index (χ4n) is 3.52. The molecule has 0 aliphatic rings. The van der Waals surface area contributed by atoms with E-state index in [4.69, 9.17) is 22.4 Å². The number of aromatic nitrogens is 2. The Morgan fingerprint density at radius 3 is 2.17 bits per heavy atom. The van der Waals surface area contributed by atoms with Crippen LogP contribution in [0.1, 0.15) is 22.3 Å². The van der Waals surface area contributed by atoms with Crippen LogP contribution >= 0.6 is 11.6 Å². The van der Waals surface area contributed by atoms with Crippen molar-refractivity contribution in [3.63, 3.8) is 0 Å². The number of hydrazine groups is 1. The highest BCUT2D eigenvalue weighted by Gasteiger charge is 2.19. The number of urea groups is 1. The van der Waals surface area contributed by atoms with Crippen LogP contribution in [-0.2, 0) is 4.79 Å². The lowest BCUT2D eigenvalue weighted by atomic mass is 9.99. The maximum atomic E-state index is 13.0. The maximum Gasteiger partial charge on any atom is 0.330 e. The van der Waals surface area contributed by atoms with E-state index in [0.29, 0.717) is 21.8 Å². The first-order valence-corrected chi connectivity index (χ1v) is 11.3. The smallest absolute Gasteiger partial charge is 0.330 e. The monoisotopic (exact) mass is 499 g/mol. The van der Waals surface area contributed by atoms with E-state index in [1.54, 1.807) is 41.2 Å². The third kappa shape index (κ3) is 6.05. The molecule has 0 bridgehead atoms. The summed E-state index contributed by atoms with van der Waals surface area (Å²) in [6.07, 6.45) is 3.12. The Hall–Kier alpha value is -4.69. The van der Waals surface area contributed by atoms with Crippen molar-refractivity contribution in [2.24, 2.45) is 5.73 Å². The van der Waals surface area contributed by atoms with Gasteiger partial charge in [-0.3, -0.25) is 15.0 Å². The molecule has 0 spiro atoms. The van der Waals surface area contributed by atoms with Gasteiger partial charge >= 0.3 is 6.03 Å². The van der Waals surface area contributed by atoms with Gasteiger partial charge in [-0.25, -0.2) is 14.9 Å². The van der Waals surface area contributed by atoms with Gasteiger partial charge in [-0.1, -0.05) is 60.1 Å². The van der Waals surface area contributed by atoms with Gasteiger partial charge in [0, 0.05) is 39.9 Å². The fourth-order valence-corrected chi connectivity index (χ4v) is 3.65.